The van der Waals surface area contributed by atoms with E-state index in [9.17, 15) is 63.7 Å². The largest absolute Gasteiger partial charge is 0.480 e. The van der Waals surface area contributed by atoms with Crippen molar-refractivity contribution in [3.05, 3.63) is 0 Å². The molecule has 0 aromatic rings. The van der Waals surface area contributed by atoms with Gasteiger partial charge in [0, 0.05) is 58.9 Å². The van der Waals surface area contributed by atoms with Crippen molar-refractivity contribution >= 4 is 54.6 Å². The average Bonchev–Trinajstić information content (AvgIpc) is 3.60. The number of rotatable bonds is 18. The van der Waals surface area contributed by atoms with Crippen LogP contribution in [0.15, 0.2) is 0 Å². The molecule has 5 amide bonds. The lowest BCUT2D eigenvalue weighted by Gasteiger charge is -2.33. The highest BCUT2D eigenvalue weighted by molar-refractivity contribution is 6.43. The minimum Gasteiger partial charge on any atom is -0.480 e. The Morgan fingerprint density at radius 1 is 0.589 bits per heavy atom. The minimum absolute atomic E-state index is 0.196. The van der Waals surface area contributed by atoms with Crippen molar-refractivity contribution in [1.29, 1.82) is 0 Å². The molecular weight excluding hydrogens is 741 g/mol. The summed E-state index contributed by atoms with van der Waals surface area (Å²) in [5.74, 6) is -7.59. The minimum atomic E-state index is -1.72. The summed E-state index contributed by atoms with van der Waals surface area (Å²) >= 11 is 0. The summed E-state index contributed by atoms with van der Waals surface area (Å²) < 4.78 is 0. The predicted molar refractivity (Wildman–Crippen MR) is 199 cm³/mol. The van der Waals surface area contributed by atoms with E-state index in [1.807, 2.05) is 0 Å². The second-order valence-electron chi connectivity index (χ2n) is 14.5. The molecular formula is C33H58BN9O13. The number of carbonyl (C=O) groups is 8. The van der Waals surface area contributed by atoms with Gasteiger partial charge in [-0.2, -0.15) is 0 Å². The van der Waals surface area contributed by atoms with Gasteiger partial charge in [0.05, 0.1) is 38.7 Å². The van der Waals surface area contributed by atoms with E-state index in [2.05, 4.69) is 21.3 Å². The quantitative estimate of drug-likeness (QED) is 0.0585. The van der Waals surface area contributed by atoms with Crippen LogP contribution in [0, 0.1) is 5.92 Å². The Morgan fingerprint density at radius 2 is 1.04 bits per heavy atom. The summed E-state index contributed by atoms with van der Waals surface area (Å²) in [6.07, 6.45) is 0.985. The molecule has 0 bridgehead atoms. The monoisotopic (exact) mass is 799 g/mol. The zero-order valence-corrected chi connectivity index (χ0v) is 32.5. The highest BCUT2D eigenvalue weighted by Crippen LogP contribution is 2.19. The zero-order valence-electron chi connectivity index (χ0n) is 32.5. The van der Waals surface area contributed by atoms with Gasteiger partial charge >= 0.3 is 25.0 Å². The summed E-state index contributed by atoms with van der Waals surface area (Å²) in [4.78, 5) is 107. The second-order valence-corrected chi connectivity index (χ2v) is 14.5. The third kappa shape index (κ3) is 17.2. The molecule has 2 heterocycles. The van der Waals surface area contributed by atoms with E-state index < -0.39 is 91.1 Å². The fourth-order valence-electron chi connectivity index (χ4n) is 6.41. The third-order valence-electron chi connectivity index (χ3n) is 9.49. The Balaban J connectivity index is 1.96. The molecule has 0 spiro atoms. The first kappa shape index (κ1) is 47.7. The van der Waals surface area contributed by atoms with Gasteiger partial charge in [0.25, 0.3) is 0 Å². The average molecular weight is 800 g/mol. The van der Waals surface area contributed by atoms with Crippen LogP contribution in [0.5, 0.6) is 0 Å². The van der Waals surface area contributed by atoms with Gasteiger partial charge in [-0.05, 0) is 32.6 Å². The smallest absolute Gasteiger partial charge is 0.475 e. The van der Waals surface area contributed by atoms with Gasteiger partial charge in [0.15, 0.2) is 0 Å². The molecule has 9 N–H and O–H groups in total. The van der Waals surface area contributed by atoms with E-state index in [0.29, 0.717) is 19.4 Å². The molecule has 0 unspecified atom stereocenters. The van der Waals surface area contributed by atoms with Gasteiger partial charge in [-0.1, -0.05) is 13.8 Å². The van der Waals surface area contributed by atoms with Crippen LogP contribution in [-0.2, 0) is 38.4 Å². The number of carbonyl (C=O) groups excluding carboxylic acids is 5. The molecule has 0 aliphatic carbocycles. The Morgan fingerprint density at radius 3 is 1.45 bits per heavy atom. The summed E-state index contributed by atoms with van der Waals surface area (Å²) in [5, 5.41) is 57.4. The molecule has 2 fully saturated rings. The first-order chi connectivity index (χ1) is 26.3. The van der Waals surface area contributed by atoms with Crippen molar-refractivity contribution in [3.8, 4) is 0 Å². The van der Waals surface area contributed by atoms with Crippen LogP contribution >= 0.6 is 0 Å². The second kappa shape index (κ2) is 23.6. The van der Waals surface area contributed by atoms with Crippen molar-refractivity contribution in [3.63, 3.8) is 0 Å². The van der Waals surface area contributed by atoms with Gasteiger partial charge in [-0.15, -0.1) is 0 Å². The van der Waals surface area contributed by atoms with E-state index in [1.54, 1.807) is 33.4 Å². The van der Waals surface area contributed by atoms with Gasteiger partial charge in [0.1, 0.15) is 18.1 Å². The molecule has 316 valence electrons. The van der Waals surface area contributed by atoms with Crippen molar-refractivity contribution in [2.24, 2.45) is 5.92 Å². The molecule has 2 aliphatic rings. The summed E-state index contributed by atoms with van der Waals surface area (Å²) in [6, 6.07) is -3.20. The van der Waals surface area contributed by atoms with Crippen molar-refractivity contribution in [1.82, 2.24) is 45.8 Å². The fraction of sp³-hybridized carbons (Fsp3) is 0.758. The van der Waals surface area contributed by atoms with Crippen LogP contribution in [0.25, 0.3) is 0 Å². The molecule has 22 nitrogen and oxygen atoms in total. The van der Waals surface area contributed by atoms with Crippen LogP contribution in [0.4, 0.5) is 0 Å². The number of amides is 5. The van der Waals surface area contributed by atoms with E-state index in [4.69, 9.17) is 0 Å². The summed E-state index contributed by atoms with van der Waals surface area (Å²) in [7, 11) is -1.72. The summed E-state index contributed by atoms with van der Waals surface area (Å²) in [5.41, 5.74) is 0. The molecule has 2 saturated heterocycles. The molecule has 2 rings (SSSR count). The number of hydrogen-bond acceptors (Lipinski definition) is 14. The van der Waals surface area contributed by atoms with Crippen LogP contribution in [0.2, 0.25) is 0 Å². The lowest BCUT2D eigenvalue weighted by Crippen LogP contribution is -2.57. The van der Waals surface area contributed by atoms with Gasteiger partial charge < -0.3 is 51.5 Å². The molecule has 0 aromatic heterocycles. The maximum Gasteiger partial charge on any atom is 0.475 e. The SMILES string of the molecule is CC(C)[C@H](NC(=O)CNC(=O)[C@@H](C)NC(=O)CN1CCN(CC(=O)O)CCN(CC(=O)O)CCN(CC(=O)O)CC1)C(=O)N[C@H](C)C(=O)N1CCC[C@H]1B(O)O. The maximum absolute atomic E-state index is 13.1. The standard InChI is InChI=1S/C33H58BN9O13/c1-21(2)30(32(53)37-23(4)33(54)43-7-5-6-24(43)34(55)56)38-25(44)16-35-31(52)22(3)36-26(45)17-39-8-10-40(18-27(46)47)12-14-42(20-29(50)51)15-13-41(11-9-39)19-28(48)49/h21-24,30,55-56H,5-20H2,1-4H3,(H,35,52)(H,36,45)(H,37,53)(H,38,44)(H,46,47)(H,48,49)(H,50,51)/t22-,23-,24+,30+/m1/s1. The number of nitrogens with one attached hydrogen (secondary N) is 4. The van der Waals surface area contributed by atoms with E-state index in [0.717, 1.165) is 0 Å². The molecule has 0 aromatic carbocycles. The summed E-state index contributed by atoms with van der Waals surface area (Å²) in [6.45, 7) is 6.43. The molecule has 0 saturated carbocycles. The van der Waals surface area contributed by atoms with E-state index in [1.165, 1.54) is 18.7 Å². The van der Waals surface area contributed by atoms with Crippen LogP contribution < -0.4 is 21.3 Å². The maximum atomic E-state index is 13.1. The highest BCUT2D eigenvalue weighted by Gasteiger charge is 2.39. The Labute approximate surface area is 326 Å². The van der Waals surface area contributed by atoms with E-state index >= 15 is 0 Å². The first-order valence-corrected chi connectivity index (χ1v) is 18.7. The lowest BCUT2D eigenvalue weighted by atomic mass is 9.78. The normalized spacial score (nSPS) is 19.8. The number of carboxylic acids is 3. The van der Waals surface area contributed by atoms with Crippen molar-refractivity contribution < 1.29 is 63.7 Å². The first-order valence-electron chi connectivity index (χ1n) is 18.7. The van der Waals surface area contributed by atoms with Crippen LogP contribution in [0.1, 0.15) is 40.5 Å². The van der Waals surface area contributed by atoms with Crippen molar-refractivity contribution in [2.75, 3.05) is 91.6 Å². The number of aliphatic carboxylic acids is 3. The van der Waals surface area contributed by atoms with Gasteiger partial charge in [-0.25, -0.2) is 0 Å². The van der Waals surface area contributed by atoms with Crippen LogP contribution in [0.3, 0.4) is 0 Å². The van der Waals surface area contributed by atoms with Gasteiger partial charge in [-0.3, -0.25) is 58.0 Å². The highest BCUT2D eigenvalue weighted by atomic mass is 16.4. The van der Waals surface area contributed by atoms with Gasteiger partial charge in [0.2, 0.25) is 29.5 Å². The zero-order chi connectivity index (χ0) is 42.1. The molecule has 23 heteroatoms. The fourth-order valence-corrected chi connectivity index (χ4v) is 6.41. The number of nitrogens with zero attached hydrogens (tertiary/aromatic N) is 5. The van der Waals surface area contributed by atoms with Crippen LogP contribution in [-0.4, -0.2) is 220 Å². The Kier molecular flexibility index (Phi) is 20.1. The molecule has 4 atom stereocenters. The Hall–Kier alpha value is -4.42. The lowest BCUT2D eigenvalue weighted by molar-refractivity contribution is -0.140. The third-order valence-corrected chi connectivity index (χ3v) is 9.49. The molecule has 0 radical (unpaired) electrons. The Bertz CT molecular complexity index is 1360. The number of hydrogen-bond donors (Lipinski definition) is 9. The van der Waals surface area contributed by atoms with E-state index in [-0.39, 0.29) is 78.5 Å². The molecule has 2 aliphatic heterocycles. The number of carboxylic acid groups (broad SMARTS) is 3. The molecule has 56 heavy (non-hydrogen) atoms. The predicted octanol–water partition coefficient (Wildman–Crippen LogP) is -5.27. The van der Waals surface area contributed by atoms with Crippen molar-refractivity contribution in [2.45, 2.75) is 64.6 Å². The number of likely N-dealkylation sites (tertiary alicyclic amines) is 1. The topological polar surface area (TPSA) is 302 Å².